The fourth-order valence-corrected chi connectivity index (χ4v) is 3.64. The van der Waals surface area contributed by atoms with Crippen LogP contribution in [0.15, 0.2) is 23.2 Å². The van der Waals surface area contributed by atoms with Gasteiger partial charge in [0.25, 0.3) is 0 Å². The second kappa shape index (κ2) is 4.89. The predicted octanol–water partition coefficient (Wildman–Crippen LogP) is 0.738. The first-order valence-corrected chi connectivity index (χ1v) is 7.08. The largest absolute Gasteiger partial charge is 0.396 e. The molecule has 1 atom stereocenters. The van der Waals surface area contributed by atoms with E-state index in [4.69, 9.17) is 16.7 Å². The molecule has 5 nitrogen and oxygen atoms in total. The molecule has 0 radical (unpaired) electrons. The average molecular weight is 277 g/mol. The molecule has 0 bridgehead atoms. The van der Waals surface area contributed by atoms with Crippen LogP contribution in [-0.2, 0) is 10.0 Å². The highest BCUT2D eigenvalue weighted by Gasteiger charge is 2.32. The Hall–Kier alpha value is -0.690. The summed E-state index contributed by atoms with van der Waals surface area (Å²) < 4.78 is 25.8. The zero-order valence-corrected chi connectivity index (χ0v) is 10.7. The molecule has 0 aliphatic carbocycles. The first-order chi connectivity index (χ1) is 8.04. The maximum absolute atomic E-state index is 12.2. The summed E-state index contributed by atoms with van der Waals surface area (Å²) in [5, 5.41) is 9.17. The molecule has 17 heavy (non-hydrogen) atoms. The van der Waals surface area contributed by atoms with Gasteiger partial charge in [0.1, 0.15) is 5.15 Å². The van der Waals surface area contributed by atoms with Gasteiger partial charge in [0.05, 0.1) is 4.90 Å². The standard InChI is InChI=1S/C10H13ClN2O3S/c11-10-5-9(1-3-12-10)17(15,16)13-4-2-8(6-13)7-14/h1,3,5,8,14H,2,4,6-7H2. The highest BCUT2D eigenvalue weighted by Crippen LogP contribution is 2.24. The van der Waals surface area contributed by atoms with E-state index >= 15 is 0 Å². The number of aromatic nitrogens is 1. The van der Waals surface area contributed by atoms with Gasteiger partial charge in [-0.3, -0.25) is 0 Å². The van der Waals surface area contributed by atoms with Gasteiger partial charge in [0, 0.05) is 25.9 Å². The molecule has 1 aliphatic rings. The van der Waals surface area contributed by atoms with Crippen LogP contribution in [0.25, 0.3) is 0 Å². The predicted molar refractivity (Wildman–Crippen MR) is 63.2 cm³/mol. The van der Waals surface area contributed by atoms with Gasteiger partial charge in [-0.1, -0.05) is 11.6 Å². The van der Waals surface area contributed by atoms with E-state index in [1.165, 1.54) is 22.6 Å². The highest BCUT2D eigenvalue weighted by molar-refractivity contribution is 7.89. The van der Waals surface area contributed by atoms with Crippen molar-refractivity contribution in [1.29, 1.82) is 0 Å². The summed E-state index contributed by atoms with van der Waals surface area (Å²) in [4.78, 5) is 3.90. The number of aliphatic hydroxyl groups is 1. The molecular formula is C10H13ClN2O3S. The monoisotopic (exact) mass is 276 g/mol. The lowest BCUT2D eigenvalue weighted by atomic mass is 10.1. The number of pyridine rings is 1. The van der Waals surface area contributed by atoms with Crippen molar-refractivity contribution in [3.05, 3.63) is 23.5 Å². The van der Waals surface area contributed by atoms with Crippen LogP contribution in [0, 0.1) is 5.92 Å². The fraction of sp³-hybridized carbons (Fsp3) is 0.500. The summed E-state index contributed by atoms with van der Waals surface area (Å²) in [6.45, 7) is 0.815. The van der Waals surface area contributed by atoms with E-state index in [0.29, 0.717) is 19.5 Å². The van der Waals surface area contributed by atoms with E-state index in [2.05, 4.69) is 4.98 Å². The number of hydrogen-bond donors (Lipinski definition) is 1. The normalized spacial score (nSPS) is 21.9. The van der Waals surface area contributed by atoms with E-state index in [1.54, 1.807) is 0 Å². The number of aliphatic hydroxyl groups excluding tert-OH is 1. The van der Waals surface area contributed by atoms with Gasteiger partial charge >= 0.3 is 0 Å². The van der Waals surface area contributed by atoms with Gasteiger partial charge in [-0.25, -0.2) is 13.4 Å². The van der Waals surface area contributed by atoms with E-state index < -0.39 is 10.0 Å². The minimum Gasteiger partial charge on any atom is -0.396 e. The molecule has 1 aliphatic heterocycles. The van der Waals surface area contributed by atoms with Crippen molar-refractivity contribution in [2.45, 2.75) is 11.3 Å². The Morgan fingerprint density at radius 3 is 2.94 bits per heavy atom. The lowest BCUT2D eigenvalue weighted by Gasteiger charge is -2.16. The van der Waals surface area contributed by atoms with Crippen LogP contribution in [0.1, 0.15) is 6.42 Å². The molecule has 2 heterocycles. The Morgan fingerprint density at radius 1 is 1.59 bits per heavy atom. The van der Waals surface area contributed by atoms with Gasteiger partial charge in [-0.2, -0.15) is 4.31 Å². The maximum Gasteiger partial charge on any atom is 0.243 e. The third kappa shape index (κ3) is 2.60. The van der Waals surface area contributed by atoms with Crippen LogP contribution in [0.3, 0.4) is 0 Å². The highest BCUT2D eigenvalue weighted by atomic mass is 35.5. The topological polar surface area (TPSA) is 70.5 Å². The van der Waals surface area contributed by atoms with Crippen LogP contribution in [-0.4, -0.2) is 42.5 Å². The third-order valence-corrected chi connectivity index (χ3v) is 4.91. The number of halogens is 1. The number of hydrogen-bond acceptors (Lipinski definition) is 4. The molecule has 0 aromatic carbocycles. The minimum absolute atomic E-state index is 0.0170. The number of rotatable bonds is 3. The summed E-state index contributed by atoms with van der Waals surface area (Å²) in [5.74, 6) is 0.0297. The van der Waals surface area contributed by atoms with E-state index in [0.717, 1.165) is 0 Å². The molecule has 0 saturated carbocycles. The van der Waals surface area contributed by atoms with Crippen LogP contribution < -0.4 is 0 Å². The first-order valence-electron chi connectivity index (χ1n) is 5.26. The summed E-state index contributed by atoms with van der Waals surface area (Å²) in [6, 6.07) is 2.76. The Balaban J connectivity index is 2.25. The third-order valence-electron chi connectivity index (χ3n) is 2.84. The number of nitrogens with zero attached hydrogens (tertiary/aromatic N) is 2. The van der Waals surface area contributed by atoms with Gasteiger partial charge in [0.2, 0.25) is 10.0 Å². The van der Waals surface area contributed by atoms with E-state index in [1.807, 2.05) is 0 Å². The van der Waals surface area contributed by atoms with Gasteiger partial charge in [-0.15, -0.1) is 0 Å². The van der Waals surface area contributed by atoms with Crippen LogP contribution >= 0.6 is 11.6 Å². The summed E-state index contributed by atoms with van der Waals surface area (Å²) >= 11 is 5.68. The number of sulfonamides is 1. The molecule has 1 fully saturated rings. The molecule has 1 aromatic rings. The van der Waals surface area contributed by atoms with E-state index in [9.17, 15) is 8.42 Å². The van der Waals surface area contributed by atoms with Crippen molar-refractivity contribution in [3.63, 3.8) is 0 Å². The van der Waals surface area contributed by atoms with Crippen molar-refractivity contribution in [2.75, 3.05) is 19.7 Å². The molecular weight excluding hydrogens is 264 g/mol. The molecule has 2 rings (SSSR count). The minimum atomic E-state index is -3.51. The smallest absolute Gasteiger partial charge is 0.243 e. The molecule has 1 aromatic heterocycles. The average Bonchev–Trinajstić information content (AvgIpc) is 2.78. The van der Waals surface area contributed by atoms with Crippen molar-refractivity contribution in [1.82, 2.24) is 9.29 Å². The molecule has 0 spiro atoms. The van der Waals surface area contributed by atoms with Crippen molar-refractivity contribution in [3.8, 4) is 0 Å². The van der Waals surface area contributed by atoms with Gasteiger partial charge in [-0.05, 0) is 24.5 Å². The van der Waals surface area contributed by atoms with E-state index in [-0.39, 0.29) is 22.6 Å². The second-order valence-electron chi connectivity index (χ2n) is 4.01. The molecule has 1 saturated heterocycles. The summed E-state index contributed by atoms with van der Waals surface area (Å²) in [6.07, 6.45) is 2.06. The van der Waals surface area contributed by atoms with Gasteiger partial charge in [0.15, 0.2) is 0 Å². The Bertz CT molecular complexity index is 506. The van der Waals surface area contributed by atoms with Gasteiger partial charge < -0.3 is 5.11 Å². The summed E-state index contributed by atoms with van der Waals surface area (Å²) in [7, 11) is -3.51. The molecule has 94 valence electrons. The van der Waals surface area contributed by atoms with Crippen LogP contribution in [0.2, 0.25) is 5.15 Å². The fourth-order valence-electron chi connectivity index (χ4n) is 1.86. The molecule has 7 heteroatoms. The Labute approximate surface area is 105 Å². The lowest BCUT2D eigenvalue weighted by molar-refractivity contribution is 0.233. The quantitative estimate of drug-likeness (QED) is 0.827. The summed E-state index contributed by atoms with van der Waals surface area (Å²) in [5.41, 5.74) is 0. The maximum atomic E-state index is 12.2. The molecule has 1 unspecified atom stereocenters. The van der Waals surface area contributed by atoms with Crippen molar-refractivity contribution < 1.29 is 13.5 Å². The molecule has 0 amide bonds. The Morgan fingerprint density at radius 2 is 2.35 bits per heavy atom. The molecule has 1 N–H and O–H groups in total. The SMILES string of the molecule is O=S(=O)(c1ccnc(Cl)c1)N1CCC(CO)C1. The zero-order chi connectivity index (χ0) is 12.5. The van der Waals surface area contributed by atoms with Crippen molar-refractivity contribution >= 4 is 21.6 Å². The zero-order valence-electron chi connectivity index (χ0n) is 9.08. The Kier molecular flexibility index (Phi) is 3.67. The second-order valence-corrected chi connectivity index (χ2v) is 6.34. The van der Waals surface area contributed by atoms with Crippen LogP contribution in [0.4, 0.5) is 0 Å². The van der Waals surface area contributed by atoms with Crippen LogP contribution in [0.5, 0.6) is 0 Å². The first kappa shape index (κ1) is 12.8. The lowest BCUT2D eigenvalue weighted by Crippen LogP contribution is -2.29. The van der Waals surface area contributed by atoms with Crippen molar-refractivity contribution in [2.24, 2.45) is 5.92 Å².